The molecule has 228 valence electrons. The van der Waals surface area contributed by atoms with Gasteiger partial charge in [0.05, 0.1) is 0 Å². The number of hydrogen-bond donors (Lipinski definition) is 2. The minimum Gasteiger partial charge on any atom is -0.361 e. The number of aromatic nitrogens is 1. The fourth-order valence-electron chi connectivity index (χ4n) is 6.64. The minimum absolute atomic E-state index is 0.0997. The summed E-state index contributed by atoms with van der Waals surface area (Å²) in [6.45, 7) is 2.67. The highest BCUT2D eigenvalue weighted by Gasteiger charge is 2.35. The highest BCUT2D eigenvalue weighted by molar-refractivity contribution is 6.30. The quantitative estimate of drug-likeness (QED) is 0.255. The van der Waals surface area contributed by atoms with Gasteiger partial charge in [-0.15, -0.1) is 0 Å². The number of carbonyl (C=O) groups excluding carboxylic acids is 2. The molecule has 0 saturated carbocycles. The average Bonchev–Trinajstić information content (AvgIpc) is 3.43. The zero-order valence-corrected chi connectivity index (χ0v) is 26.2. The van der Waals surface area contributed by atoms with Gasteiger partial charge in [0.2, 0.25) is 5.91 Å². The summed E-state index contributed by atoms with van der Waals surface area (Å²) in [7, 11) is 4.11. The zero-order chi connectivity index (χ0) is 30.6. The van der Waals surface area contributed by atoms with Crippen molar-refractivity contribution in [2.75, 3.05) is 45.2 Å². The van der Waals surface area contributed by atoms with Gasteiger partial charge < -0.3 is 25.0 Å². The maximum Gasteiger partial charge on any atom is 0.318 e. The number of nitrogens with one attached hydrogen (secondary N) is 2. The van der Waals surface area contributed by atoms with Gasteiger partial charge in [-0.1, -0.05) is 71.8 Å². The largest absolute Gasteiger partial charge is 0.361 e. The summed E-state index contributed by atoms with van der Waals surface area (Å²) in [6.07, 6.45) is 7.05. The number of nitrogens with zero attached hydrogens (tertiary/aromatic N) is 3. The molecule has 2 atom stereocenters. The SMILES string of the molecule is CN(C)C[C@@H]1Cc2cc(Cl)ccc2N(C(=O)[C@@H](Cc2c[nH]c3ccccc23)NC(=O)N2CCC(=Cc3ccccc3)CC2)C1. The molecule has 0 aliphatic carbocycles. The lowest BCUT2D eigenvalue weighted by Gasteiger charge is -2.38. The summed E-state index contributed by atoms with van der Waals surface area (Å²) in [4.78, 5) is 37.5. The highest BCUT2D eigenvalue weighted by Crippen LogP contribution is 2.33. The molecule has 2 aliphatic rings. The van der Waals surface area contributed by atoms with E-state index in [1.165, 1.54) is 11.1 Å². The van der Waals surface area contributed by atoms with Gasteiger partial charge in [0, 0.05) is 60.4 Å². The number of benzene rings is 3. The van der Waals surface area contributed by atoms with Crippen molar-refractivity contribution in [3.05, 3.63) is 106 Å². The molecule has 3 amide bonds. The average molecular weight is 610 g/mol. The fraction of sp³-hybridized carbons (Fsp3) is 0.333. The van der Waals surface area contributed by atoms with Crippen molar-refractivity contribution < 1.29 is 9.59 Å². The molecule has 1 aromatic heterocycles. The third kappa shape index (κ3) is 6.85. The Bertz CT molecular complexity index is 1650. The molecule has 44 heavy (non-hydrogen) atoms. The molecule has 8 heteroatoms. The topological polar surface area (TPSA) is 71.7 Å². The molecule has 0 unspecified atom stereocenters. The predicted molar refractivity (Wildman–Crippen MR) is 179 cm³/mol. The number of likely N-dealkylation sites (tertiary alicyclic amines) is 1. The van der Waals surface area contributed by atoms with E-state index in [0.717, 1.165) is 53.5 Å². The summed E-state index contributed by atoms with van der Waals surface area (Å²) >= 11 is 6.40. The Kier molecular flexibility index (Phi) is 9.05. The number of halogens is 1. The molecule has 0 spiro atoms. The van der Waals surface area contributed by atoms with E-state index in [1.54, 1.807) is 0 Å². The second kappa shape index (κ2) is 13.3. The maximum absolute atomic E-state index is 14.5. The van der Waals surface area contributed by atoms with Crippen molar-refractivity contribution >= 4 is 46.2 Å². The summed E-state index contributed by atoms with van der Waals surface area (Å²) in [5.41, 5.74) is 6.47. The number of H-pyrrole nitrogens is 1. The molecule has 0 radical (unpaired) electrons. The molecular formula is C36H40ClN5O2. The Morgan fingerprint density at radius 1 is 1.05 bits per heavy atom. The van der Waals surface area contributed by atoms with E-state index in [2.05, 4.69) is 53.6 Å². The molecule has 1 fully saturated rings. The van der Waals surface area contributed by atoms with Crippen molar-refractivity contribution in [2.45, 2.75) is 31.7 Å². The van der Waals surface area contributed by atoms with E-state index >= 15 is 0 Å². The predicted octanol–water partition coefficient (Wildman–Crippen LogP) is 6.39. The number of para-hydroxylation sites is 1. The van der Waals surface area contributed by atoms with Crippen LogP contribution in [0.2, 0.25) is 5.02 Å². The number of hydrogen-bond acceptors (Lipinski definition) is 3. The van der Waals surface area contributed by atoms with Gasteiger partial charge in [-0.3, -0.25) is 4.79 Å². The minimum atomic E-state index is -0.732. The number of amides is 3. The number of carbonyl (C=O) groups is 2. The number of rotatable bonds is 7. The van der Waals surface area contributed by atoms with Gasteiger partial charge in [-0.25, -0.2) is 4.79 Å². The Labute approximate surface area is 264 Å². The Morgan fingerprint density at radius 2 is 1.80 bits per heavy atom. The van der Waals surface area contributed by atoms with Crippen LogP contribution in [0.3, 0.4) is 0 Å². The Balaban J connectivity index is 1.25. The van der Waals surface area contributed by atoms with Gasteiger partial charge in [0.25, 0.3) is 0 Å². The first-order valence-corrected chi connectivity index (χ1v) is 15.8. The van der Waals surface area contributed by atoms with Gasteiger partial charge in [0.15, 0.2) is 0 Å². The fourth-order valence-corrected chi connectivity index (χ4v) is 6.83. The number of urea groups is 1. The van der Waals surface area contributed by atoms with Crippen molar-refractivity contribution in [3.63, 3.8) is 0 Å². The number of fused-ring (bicyclic) bond motifs is 2. The van der Waals surface area contributed by atoms with Gasteiger partial charge >= 0.3 is 6.03 Å². The monoisotopic (exact) mass is 609 g/mol. The van der Waals surface area contributed by atoms with Gasteiger partial charge in [-0.2, -0.15) is 0 Å². The summed E-state index contributed by atoms with van der Waals surface area (Å²) in [5.74, 6) is 0.151. The summed E-state index contributed by atoms with van der Waals surface area (Å²) in [5, 5.41) is 4.90. The van der Waals surface area contributed by atoms with E-state index in [1.807, 2.05) is 70.6 Å². The first-order chi connectivity index (χ1) is 21.3. The molecule has 6 rings (SSSR count). The third-order valence-electron chi connectivity index (χ3n) is 8.73. The van der Waals surface area contributed by atoms with Crippen LogP contribution in [0.1, 0.15) is 29.5 Å². The second-order valence-corrected chi connectivity index (χ2v) is 12.8. The van der Waals surface area contributed by atoms with Crippen LogP contribution in [-0.2, 0) is 17.6 Å². The molecule has 7 nitrogen and oxygen atoms in total. The lowest BCUT2D eigenvalue weighted by Crippen LogP contribution is -2.56. The van der Waals surface area contributed by atoms with E-state index in [-0.39, 0.29) is 17.9 Å². The first kappa shape index (κ1) is 30.0. The van der Waals surface area contributed by atoms with Crippen LogP contribution in [-0.4, -0.2) is 73.0 Å². The van der Waals surface area contributed by atoms with Crippen molar-refractivity contribution in [1.82, 2.24) is 20.1 Å². The molecule has 1 saturated heterocycles. The van der Waals surface area contributed by atoms with E-state index in [0.29, 0.717) is 31.1 Å². The van der Waals surface area contributed by atoms with Crippen molar-refractivity contribution in [2.24, 2.45) is 5.92 Å². The smallest absolute Gasteiger partial charge is 0.318 e. The molecule has 3 aromatic carbocycles. The van der Waals surface area contributed by atoms with E-state index in [4.69, 9.17) is 11.6 Å². The summed E-state index contributed by atoms with van der Waals surface area (Å²) < 4.78 is 0. The molecule has 3 heterocycles. The normalized spacial score (nSPS) is 17.5. The maximum atomic E-state index is 14.5. The molecular weight excluding hydrogens is 570 g/mol. The number of anilines is 1. The first-order valence-electron chi connectivity index (χ1n) is 15.4. The second-order valence-electron chi connectivity index (χ2n) is 12.3. The summed E-state index contributed by atoms with van der Waals surface area (Å²) in [6, 6.07) is 23.2. The van der Waals surface area contributed by atoms with Gasteiger partial charge in [0.1, 0.15) is 6.04 Å². The van der Waals surface area contributed by atoms with Crippen LogP contribution in [0.15, 0.2) is 84.6 Å². The Morgan fingerprint density at radius 3 is 2.57 bits per heavy atom. The van der Waals surface area contributed by atoms with Crippen molar-refractivity contribution in [1.29, 1.82) is 0 Å². The van der Waals surface area contributed by atoms with Crippen LogP contribution in [0.25, 0.3) is 17.0 Å². The van der Waals surface area contributed by atoms with Gasteiger partial charge in [-0.05, 0) is 80.2 Å². The van der Waals surface area contributed by atoms with E-state index < -0.39 is 6.04 Å². The van der Waals surface area contributed by atoms with E-state index in [9.17, 15) is 9.59 Å². The number of aromatic amines is 1. The standard InChI is InChI=1S/C36H40ClN5O2/c1-40(2)23-27-19-28-20-30(37)12-13-34(28)42(24-27)35(43)33(21-29-22-38-32-11-7-6-10-31(29)32)39-36(44)41-16-14-26(15-17-41)18-25-8-4-3-5-9-25/h3-13,18,20,22,27,33,38H,14-17,19,21,23-24H2,1-2H3,(H,39,44)/t27-,33+/m0/s1. The lowest BCUT2D eigenvalue weighted by molar-refractivity contribution is -0.120. The highest BCUT2D eigenvalue weighted by atomic mass is 35.5. The number of piperidine rings is 1. The zero-order valence-electron chi connectivity index (χ0n) is 25.4. The molecule has 4 aromatic rings. The van der Waals surface area contributed by atoms with Crippen molar-refractivity contribution in [3.8, 4) is 0 Å². The molecule has 0 bridgehead atoms. The Hall–Kier alpha value is -4.07. The van der Waals surface area contributed by atoms with Crippen LogP contribution in [0.4, 0.5) is 10.5 Å². The molecule has 2 aliphatic heterocycles. The van der Waals surface area contributed by atoms with Crippen LogP contribution < -0.4 is 10.2 Å². The lowest BCUT2D eigenvalue weighted by atomic mass is 9.91. The van der Waals surface area contributed by atoms with Crippen LogP contribution in [0, 0.1) is 5.92 Å². The third-order valence-corrected chi connectivity index (χ3v) is 8.96. The van der Waals surface area contributed by atoms with Crippen LogP contribution >= 0.6 is 11.6 Å². The molecule has 2 N–H and O–H groups in total. The van der Waals surface area contributed by atoms with Crippen LogP contribution in [0.5, 0.6) is 0 Å².